The van der Waals surface area contributed by atoms with E-state index in [4.69, 9.17) is 16.7 Å². The van der Waals surface area contributed by atoms with Crippen LogP contribution in [-0.4, -0.2) is 25.2 Å². The normalized spacial score (nSPS) is 11.4. The highest BCUT2D eigenvalue weighted by Gasteiger charge is 2.19. The second-order valence-corrected chi connectivity index (χ2v) is 5.58. The minimum Gasteiger partial charge on any atom is -0.480 e. The van der Waals surface area contributed by atoms with Gasteiger partial charge in [0.25, 0.3) is 0 Å². The van der Waals surface area contributed by atoms with Crippen molar-refractivity contribution in [3.05, 3.63) is 34.6 Å². The topological polar surface area (TPSA) is 71.4 Å². The Morgan fingerprint density at radius 1 is 1.44 bits per heavy atom. The summed E-state index contributed by atoms with van der Waals surface area (Å²) in [4.78, 5) is 10.3. The third-order valence-corrected chi connectivity index (χ3v) is 3.61. The summed E-state index contributed by atoms with van der Waals surface area (Å²) in [6.07, 6.45) is 0. The first kappa shape index (κ1) is 12.9. The van der Waals surface area contributed by atoms with Gasteiger partial charge < -0.3 is 5.11 Å². The minimum atomic E-state index is -3.82. The van der Waals surface area contributed by atoms with Crippen molar-refractivity contribution in [2.45, 2.75) is 5.75 Å². The third kappa shape index (κ3) is 3.46. The van der Waals surface area contributed by atoms with E-state index in [9.17, 15) is 17.6 Å². The van der Waals surface area contributed by atoms with Crippen LogP contribution in [0.3, 0.4) is 0 Å². The Labute approximate surface area is 96.6 Å². The van der Waals surface area contributed by atoms with Gasteiger partial charge in [-0.2, -0.15) is 0 Å². The van der Waals surface area contributed by atoms with Crippen LogP contribution in [0.4, 0.5) is 4.39 Å². The smallest absolute Gasteiger partial charge is 0.318 e. The van der Waals surface area contributed by atoms with Crippen molar-refractivity contribution in [1.29, 1.82) is 0 Å². The number of halogens is 2. The molecule has 0 saturated heterocycles. The Morgan fingerprint density at radius 2 is 2.06 bits per heavy atom. The molecule has 4 nitrogen and oxygen atoms in total. The zero-order valence-corrected chi connectivity index (χ0v) is 9.55. The first-order chi connectivity index (χ1) is 7.32. The summed E-state index contributed by atoms with van der Waals surface area (Å²) in [7, 11) is -3.82. The van der Waals surface area contributed by atoms with Crippen molar-refractivity contribution in [3.63, 3.8) is 0 Å². The predicted molar refractivity (Wildman–Crippen MR) is 56.5 cm³/mol. The lowest BCUT2D eigenvalue weighted by molar-refractivity contribution is -0.134. The van der Waals surface area contributed by atoms with E-state index in [-0.39, 0.29) is 10.6 Å². The van der Waals surface area contributed by atoms with Crippen molar-refractivity contribution in [3.8, 4) is 0 Å². The summed E-state index contributed by atoms with van der Waals surface area (Å²) >= 11 is 5.55. The number of carbonyl (C=O) groups is 1. The van der Waals surface area contributed by atoms with Crippen molar-refractivity contribution < 1.29 is 22.7 Å². The van der Waals surface area contributed by atoms with E-state index < -0.39 is 33.1 Å². The molecule has 7 heteroatoms. The molecule has 0 aliphatic rings. The van der Waals surface area contributed by atoms with Crippen molar-refractivity contribution in [2.75, 3.05) is 5.75 Å². The summed E-state index contributed by atoms with van der Waals surface area (Å²) in [5.74, 6) is -3.77. The second kappa shape index (κ2) is 4.80. The highest BCUT2D eigenvalue weighted by molar-refractivity contribution is 7.91. The quantitative estimate of drug-likeness (QED) is 0.896. The van der Waals surface area contributed by atoms with Gasteiger partial charge in [-0.3, -0.25) is 4.79 Å². The van der Waals surface area contributed by atoms with Gasteiger partial charge in [0.15, 0.2) is 9.84 Å². The fourth-order valence-electron chi connectivity index (χ4n) is 1.14. The van der Waals surface area contributed by atoms with Crippen LogP contribution in [0.25, 0.3) is 0 Å². The molecular formula is C9H8ClFO4S. The van der Waals surface area contributed by atoms with E-state index in [0.29, 0.717) is 0 Å². The number of rotatable bonds is 4. The monoisotopic (exact) mass is 266 g/mol. The number of aliphatic carboxylic acids is 1. The maximum atomic E-state index is 13.0. The van der Waals surface area contributed by atoms with E-state index >= 15 is 0 Å². The van der Waals surface area contributed by atoms with Gasteiger partial charge in [0.1, 0.15) is 11.6 Å². The predicted octanol–water partition coefficient (Wildman–Crippen LogP) is 1.48. The summed E-state index contributed by atoms with van der Waals surface area (Å²) in [5, 5.41) is 8.07. The van der Waals surface area contributed by atoms with Crippen LogP contribution in [0.2, 0.25) is 5.02 Å². The summed E-state index contributed by atoms with van der Waals surface area (Å²) in [6.45, 7) is 0. The highest BCUT2D eigenvalue weighted by atomic mass is 35.5. The Morgan fingerprint density at radius 3 is 2.62 bits per heavy atom. The van der Waals surface area contributed by atoms with Gasteiger partial charge in [0.2, 0.25) is 0 Å². The van der Waals surface area contributed by atoms with Gasteiger partial charge in [0.05, 0.1) is 10.8 Å². The molecule has 1 rings (SSSR count). The number of carboxylic acid groups (broad SMARTS) is 1. The second-order valence-electron chi connectivity index (χ2n) is 3.14. The molecule has 16 heavy (non-hydrogen) atoms. The molecule has 0 unspecified atom stereocenters. The highest BCUT2D eigenvalue weighted by Crippen LogP contribution is 2.21. The first-order valence-electron chi connectivity index (χ1n) is 4.17. The zero-order valence-electron chi connectivity index (χ0n) is 7.98. The van der Waals surface area contributed by atoms with Crippen molar-refractivity contribution in [1.82, 2.24) is 0 Å². The molecule has 0 amide bonds. The van der Waals surface area contributed by atoms with Crippen LogP contribution in [0.1, 0.15) is 5.56 Å². The van der Waals surface area contributed by atoms with Crippen LogP contribution >= 0.6 is 11.6 Å². The fourth-order valence-corrected chi connectivity index (χ4v) is 2.60. The number of hydrogen-bond donors (Lipinski definition) is 1. The van der Waals surface area contributed by atoms with Crippen molar-refractivity contribution >= 4 is 27.4 Å². The maximum Gasteiger partial charge on any atom is 0.318 e. The number of benzene rings is 1. The number of sulfone groups is 1. The van der Waals surface area contributed by atoms with E-state index in [1.807, 2.05) is 0 Å². The molecule has 0 heterocycles. The number of carboxylic acids is 1. The molecule has 0 aromatic heterocycles. The van der Waals surface area contributed by atoms with E-state index in [0.717, 1.165) is 6.07 Å². The first-order valence-corrected chi connectivity index (χ1v) is 6.37. The van der Waals surface area contributed by atoms with Gasteiger partial charge in [-0.05, 0) is 11.6 Å². The third-order valence-electron chi connectivity index (χ3n) is 1.75. The lowest BCUT2D eigenvalue weighted by Gasteiger charge is -2.04. The molecule has 0 aliphatic heterocycles. The van der Waals surface area contributed by atoms with Crippen LogP contribution in [0, 0.1) is 5.82 Å². The molecule has 0 atom stereocenters. The van der Waals surface area contributed by atoms with E-state index in [1.165, 1.54) is 12.1 Å². The Hall–Kier alpha value is -1.14. The van der Waals surface area contributed by atoms with Crippen LogP contribution in [0.5, 0.6) is 0 Å². The molecule has 0 radical (unpaired) electrons. The van der Waals surface area contributed by atoms with Crippen LogP contribution in [0.15, 0.2) is 18.2 Å². The summed E-state index contributed by atoms with van der Waals surface area (Å²) < 4.78 is 35.6. The molecule has 0 aliphatic carbocycles. The van der Waals surface area contributed by atoms with Gasteiger partial charge >= 0.3 is 5.97 Å². The summed E-state index contributed by atoms with van der Waals surface area (Å²) in [5.41, 5.74) is 0.0583. The van der Waals surface area contributed by atoms with Gasteiger partial charge in [0, 0.05) is 0 Å². The molecule has 1 aromatic rings. The maximum absolute atomic E-state index is 13.0. The fraction of sp³-hybridized carbons (Fsp3) is 0.222. The van der Waals surface area contributed by atoms with Crippen molar-refractivity contribution in [2.24, 2.45) is 0 Å². The molecule has 0 fully saturated rings. The van der Waals surface area contributed by atoms with Crippen LogP contribution < -0.4 is 0 Å². The molecule has 0 bridgehead atoms. The van der Waals surface area contributed by atoms with E-state index in [2.05, 4.69) is 0 Å². The Kier molecular flexibility index (Phi) is 3.88. The van der Waals surface area contributed by atoms with Gasteiger partial charge in [-0.25, -0.2) is 12.8 Å². The molecule has 0 spiro atoms. The van der Waals surface area contributed by atoms with Crippen LogP contribution in [-0.2, 0) is 20.4 Å². The molecule has 1 N–H and O–H groups in total. The largest absolute Gasteiger partial charge is 0.480 e. The molecule has 0 saturated carbocycles. The Balaban J connectivity index is 2.97. The molecular weight excluding hydrogens is 259 g/mol. The van der Waals surface area contributed by atoms with Gasteiger partial charge in [-0.15, -0.1) is 0 Å². The molecule has 1 aromatic carbocycles. The molecule has 88 valence electrons. The summed E-state index contributed by atoms with van der Waals surface area (Å²) in [6, 6.07) is 3.74. The lowest BCUT2D eigenvalue weighted by Crippen LogP contribution is -2.17. The Bertz CT molecular complexity index is 512. The lowest BCUT2D eigenvalue weighted by atomic mass is 10.2. The van der Waals surface area contributed by atoms with E-state index in [1.54, 1.807) is 0 Å². The minimum absolute atomic E-state index is 0.0583. The standard InChI is InChI=1S/C9H8ClFO4S/c10-9-6(2-1-3-7(9)11)4-16(14,15)5-8(12)13/h1-3H,4-5H2,(H,12,13). The average molecular weight is 267 g/mol. The van der Waals surface area contributed by atoms with Gasteiger partial charge in [-0.1, -0.05) is 23.7 Å². The number of hydrogen-bond acceptors (Lipinski definition) is 3. The average Bonchev–Trinajstić information content (AvgIpc) is 2.10. The zero-order chi connectivity index (χ0) is 12.3. The SMILES string of the molecule is O=C(O)CS(=O)(=O)Cc1cccc(F)c1Cl.